The van der Waals surface area contributed by atoms with Gasteiger partial charge in [-0.15, -0.1) is 0 Å². The minimum atomic E-state index is -0.175. The van der Waals surface area contributed by atoms with Crippen LogP contribution in [0.2, 0.25) is 0 Å². The fourth-order valence-electron chi connectivity index (χ4n) is 4.15. The van der Waals surface area contributed by atoms with Crippen LogP contribution in [-0.4, -0.2) is 29.6 Å². The summed E-state index contributed by atoms with van der Waals surface area (Å²) in [5.74, 6) is 2.12. The van der Waals surface area contributed by atoms with Gasteiger partial charge in [-0.2, -0.15) is 9.78 Å². The monoisotopic (exact) mass is 639 g/mol. The molecule has 0 radical (unpaired) electrons. The number of halogens is 3. The van der Waals surface area contributed by atoms with E-state index >= 15 is 0 Å². The molecule has 1 aromatic heterocycles. The number of rotatable bonds is 6. The van der Waals surface area contributed by atoms with Crippen LogP contribution in [0.15, 0.2) is 47.6 Å². The molecule has 1 aliphatic carbocycles. The molecule has 33 heavy (non-hydrogen) atoms. The topological polar surface area (TPSA) is 65.7 Å². The van der Waals surface area contributed by atoms with Gasteiger partial charge in [0.2, 0.25) is 0 Å². The van der Waals surface area contributed by atoms with Crippen LogP contribution in [0.4, 0.5) is 0 Å². The highest BCUT2D eigenvalue weighted by Crippen LogP contribution is 2.42. The molecule has 6 nitrogen and oxygen atoms in total. The van der Waals surface area contributed by atoms with Gasteiger partial charge in [-0.3, -0.25) is 4.79 Å². The average Bonchev–Trinajstić information content (AvgIpc) is 2.83. The van der Waals surface area contributed by atoms with E-state index in [4.69, 9.17) is 14.5 Å². The summed E-state index contributed by atoms with van der Waals surface area (Å²) in [5, 5.41) is 5.17. The van der Waals surface area contributed by atoms with Crippen LogP contribution < -0.4 is 15.0 Å². The number of aromatic nitrogens is 2. The van der Waals surface area contributed by atoms with Crippen LogP contribution in [0.25, 0.3) is 10.9 Å². The molecule has 3 aromatic rings. The van der Waals surface area contributed by atoms with Crippen molar-refractivity contribution in [3.63, 3.8) is 0 Å². The fourth-order valence-corrected chi connectivity index (χ4v) is 5.45. The summed E-state index contributed by atoms with van der Waals surface area (Å²) in [6.45, 7) is 2.42. The van der Waals surface area contributed by atoms with E-state index in [1.54, 1.807) is 19.4 Å². The highest BCUT2D eigenvalue weighted by molar-refractivity contribution is 9.13. The summed E-state index contributed by atoms with van der Waals surface area (Å²) in [5.41, 5.74) is 1.27. The summed E-state index contributed by atoms with van der Waals surface area (Å²) < 4.78 is 15.0. The quantitative estimate of drug-likeness (QED) is 0.271. The molecule has 0 bridgehead atoms. The van der Waals surface area contributed by atoms with Gasteiger partial charge in [0.05, 0.1) is 35.3 Å². The lowest BCUT2D eigenvalue weighted by atomic mass is 9.88. The van der Waals surface area contributed by atoms with Crippen molar-refractivity contribution < 1.29 is 9.47 Å². The number of methoxy groups -OCH3 is 1. The van der Waals surface area contributed by atoms with Gasteiger partial charge < -0.3 is 9.47 Å². The van der Waals surface area contributed by atoms with Gasteiger partial charge in [0.1, 0.15) is 5.82 Å². The molecule has 9 heteroatoms. The van der Waals surface area contributed by atoms with Crippen molar-refractivity contribution in [3.8, 4) is 11.5 Å². The van der Waals surface area contributed by atoms with E-state index in [0.717, 1.165) is 50.5 Å². The third-order valence-corrected chi connectivity index (χ3v) is 8.42. The van der Waals surface area contributed by atoms with E-state index in [-0.39, 0.29) is 11.5 Å². The Hall–Kier alpha value is -1.71. The van der Waals surface area contributed by atoms with E-state index in [1.807, 2.05) is 25.1 Å². The first kappa shape index (κ1) is 24.4. The normalized spacial score (nSPS) is 14.8. The Balaban J connectivity index is 1.86. The number of fused-ring (bicyclic) bond motifs is 1. The lowest BCUT2D eigenvalue weighted by Gasteiger charge is -2.22. The van der Waals surface area contributed by atoms with E-state index in [0.29, 0.717) is 29.0 Å². The van der Waals surface area contributed by atoms with Crippen molar-refractivity contribution in [1.29, 1.82) is 0 Å². The summed E-state index contributed by atoms with van der Waals surface area (Å²) in [6.07, 6.45) is 7.17. The Labute approximate surface area is 217 Å². The minimum absolute atomic E-state index is 0.175. The second-order valence-corrected chi connectivity index (χ2v) is 10.4. The lowest BCUT2D eigenvalue weighted by molar-refractivity contribution is 0.308. The molecule has 0 atom stereocenters. The van der Waals surface area contributed by atoms with Gasteiger partial charge in [0, 0.05) is 20.4 Å². The highest BCUT2D eigenvalue weighted by Gasteiger charge is 2.23. The third kappa shape index (κ3) is 5.05. The SMILES string of the molecule is CCOc1c(OC)cc(C=Nn2c(C3CCCCC3)nc3ccc(Br)cc3c2=O)c(Br)c1Br. The minimum Gasteiger partial charge on any atom is -0.493 e. The maximum absolute atomic E-state index is 13.5. The molecular weight excluding hydrogens is 618 g/mol. The highest BCUT2D eigenvalue weighted by atomic mass is 79.9. The van der Waals surface area contributed by atoms with Gasteiger partial charge in [-0.1, -0.05) is 35.2 Å². The molecule has 4 rings (SSSR count). The van der Waals surface area contributed by atoms with Crippen molar-refractivity contribution in [2.24, 2.45) is 5.10 Å². The van der Waals surface area contributed by atoms with Crippen molar-refractivity contribution in [1.82, 2.24) is 9.66 Å². The van der Waals surface area contributed by atoms with Crippen LogP contribution in [0.1, 0.15) is 56.3 Å². The first-order valence-electron chi connectivity index (χ1n) is 10.9. The number of ether oxygens (including phenoxy) is 2. The summed E-state index contributed by atoms with van der Waals surface area (Å²) >= 11 is 10.7. The first-order valence-corrected chi connectivity index (χ1v) is 13.3. The molecule has 0 N–H and O–H groups in total. The van der Waals surface area contributed by atoms with E-state index in [2.05, 4.69) is 52.9 Å². The average molecular weight is 642 g/mol. The van der Waals surface area contributed by atoms with Crippen LogP contribution in [0.5, 0.6) is 11.5 Å². The Morgan fingerprint density at radius 3 is 2.61 bits per heavy atom. The first-order chi connectivity index (χ1) is 15.9. The largest absolute Gasteiger partial charge is 0.493 e. The Kier molecular flexibility index (Phi) is 7.91. The third-order valence-electron chi connectivity index (χ3n) is 5.78. The predicted octanol–water partition coefficient (Wildman–Crippen LogP) is 7.02. The van der Waals surface area contributed by atoms with Gasteiger partial charge in [0.15, 0.2) is 11.5 Å². The summed E-state index contributed by atoms with van der Waals surface area (Å²) in [4.78, 5) is 18.4. The van der Waals surface area contributed by atoms with Gasteiger partial charge in [0.25, 0.3) is 5.56 Å². The molecule has 1 heterocycles. The molecular formula is C24H24Br3N3O3. The second kappa shape index (κ2) is 10.7. The molecule has 0 saturated heterocycles. The molecule has 1 saturated carbocycles. The van der Waals surface area contributed by atoms with Gasteiger partial charge in [-0.25, -0.2) is 4.98 Å². The van der Waals surface area contributed by atoms with Crippen molar-refractivity contribution in [2.75, 3.05) is 13.7 Å². The zero-order chi connectivity index (χ0) is 23.5. The molecule has 1 aliphatic rings. The van der Waals surface area contributed by atoms with Gasteiger partial charge in [-0.05, 0) is 75.9 Å². The molecule has 1 fully saturated rings. The Bertz CT molecular complexity index is 1270. The van der Waals surface area contributed by atoms with Crippen molar-refractivity contribution in [2.45, 2.75) is 44.9 Å². The van der Waals surface area contributed by atoms with Crippen LogP contribution in [0.3, 0.4) is 0 Å². The Morgan fingerprint density at radius 1 is 1.15 bits per heavy atom. The number of benzene rings is 2. The number of nitrogens with zero attached hydrogens (tertiary/aromatic N) is 3. The maximum Gasteiger partial charge on any atom is 0.282 e. The molecule has 0 unspecified atom stereocenters. The van der Waals surface area contributed by atoms with Crippen LogP contribution >= 0.6 is 47.8 Å². The number of hydrogen-bond acceptors (Lipinski definition) is 5. The van der Waals surface area contributed by atoms with Crippen LogP contribution in [0, 0.1) is 0 Å². The Morgan fingerprint density at radius 2 is 1.91 bits per heavy atom. The summed E-state index contributed by atoms with van der Waals surface area (Å²) in [6, 6.07) is 7.42. The molecule has 174 valence electrons. The van der Waals surface area contributed by atoms with E-state index in [1.165, 1.54) is 11.1 Å². The zero-order valence-electron chi connectivity index (χ0n) is 18.4. The number of hydrogen-bond donors (Lipinski definition) is 0. The van der Waals surface area contributed by atoms with E-state index in [9.17, 15) is 4.79 Å². The van der Waals surface area contributed by atoms with Crippen LogP contribution in [-0.2, 0) is 0 Å². The molecule has 0 spiro atoms. The standard InChI is InChI=1S/C24H24Br3N3O3/c1-3-33-22-19(32-2)11-15(20(26)21(22)27)13-28-30-23(14-7-5-4-6-8-14)29-18-10-9-16(25)12-17(18)24(30)31/h9-14H,3-8H2,1-2H3. The molecule has 2 aromatic carbocycles. The zero-order valence-corrected chi connectivity index (χ0v) is 23.2. The molecule has 0 amide bonds. The smallest absolute Gasteiger partial charge is 0.282 e. The second-order valence-electron chi connectivity index (χ2n) is 7.89. The lowest BCUT2D eigenvalue weighted by Crippen LogP contribution is -2.25. The van der Waals surface area contributed by atoms with Crippen molar-refractivity contribution >= 4 is 64.9 Å². The van der Waals surface area contributed by atoms with Crippen molar-refractivity contribution in [3.05, 3.63) is 59.4 Å². The predicted molar refractivity (Wildman–Crippen MR) is 142 cm³/mol. The maximum atomic E-state index is 13.5. The summed E-state index contributed by atoms with van der Waals surface area (Å²) in [7, 11) is 1.59. The molecule has 0 aliphatic heterocycles. The fraction of sp³-hybridized carbons (Fsp3) is 0.375. The van der Waals surface area contributed by atoms with Gasteiger partial charge >= 0.3 is 0 Å². The van der Waals surface area contributed by atoms with E-state index < -0.39 is 0 Å².